The summed E-state index contributed by atoms with van der Waals surface area (Å²) in [4.78, 5) is 10.2. The molecule has 0 N–H and O–H groups in total. The third kappa shape index (κ3) is 3.30. The summed E-state index contributed by atoms with van der Waals surface area (Å²) in [5, 5.41) is 10.6. The van der Waals surface area contributed by atoms with Crippen molar-refractivity contribution in [1.29, 1.82) is 0 Å². The Morgan fingerprint density at radius 2 is 1.94 bits per heavy atom. The van der Waals surface area contributed by atoms with Gasteiger partial charge in [-0.3, -0.25) is 10.1 Å². The van der Waals surface area contributed by atoms with Crippen molar-refractivity contribution in [3.8, 4) is 5.75 Å². The molecule has 0 saturated heterocycles. The quantitative estimate of drug-likeness (QED) is 0.635. The van der Waals surface area contributed by atoms with Crippen LogP contribution in [0.4, 0.5) is 5.69 Å². The molecule has 0 aliphatic heterocycles. The maximum atomic E-state index is 10.6. The van der Waals surface area contributed by atoms with Crippen molar-refractivity contribution < 1.29 is 9.66 Å². The van der Waals surface area contributed by atoms with Gasteiger partial charge in [-0.15, -0.1) is 0 Å². The minimum Gasteiger partial charge on any atom is -0.489 e. The molecule has 0 fully saturated rings. The van der Waals surface area contributed by atoms with Crippen LogP contribution in [0.2, 0.25) is 0 Å². The zero-order valence-corrected chi connectivity index (χ0v) is 11.0. The Balaban J connectivity index is 2.06. The predicted molar refractivity (Wildman–Crippen MR) is 71.6 cm³/mol. The molecule has 2 aromatic rings. The molecule has 0 spiro atoms. The van der Waals surface area contributed by atoms with Crippen LogP contribution in [0.25, 0.3) is 0 Å². The highest BCUT2D eigenvalue weighted by molar-refractivity contribution is 9.10. The largest absolute Gasteiger partial charge is 0.489 e. The molecule has 4 nitrogen and oxygen atoms in total. The minimum atomic E-state index is -0.414. The first-order valence-corrected chi connectivity index (χ1v) is 6.06. The Bertz CT molecular complexity index is 572. The number of halogens is 1. The van der Waals surface area contributed by atoms with Crippen LogP contribution in [-0.4, -0.2) is 4.92 Å². The van der Waals surface area contributed by atoms with Crippen molar-refractivity contribution in [2.75, 3.05) is 0 Å². The molecule has 2 rings (SSSR count). The summed E-state index contributed by atoms with van der Waals surface area (Å²) in [6.45, 7) is 0.304. The Morgan fingerprint density at radius 1 is 1.17 bits per heavy atom. The van der Waals surface area contributed by atoms with Crippen LogP contribution in [0.1, 0.15) is 5.56 Å². The van der Waals surface area contributed by atoms with Crippen LogP contribution in [0.15, 0.2) is 53.0 Å². The Kier molecular flexibility index (Phi) is 3.94. The minimum absolute atomic E-state index is 0.0744. The first-order chi connectivity index (χ1) is 8.65. The molecule has 0 aliphatic rings. The van der Waals surface area contributed by atoms with Gasteiger partial charge in [-0.1, -0.05) is 34.1 Å². The Labute approximate surface area is 112 Å². The van der Waals surface area contributed by atoms with Crippen molar-refractivity contribution in [3.63, 3.8) is 0 Å². The summed E-state index contributed by atoms with van der Waals surface area (Å²) >= 11 is 3.35. The van der Waals surface area contributed by atoms with E-state index in [1.54, 1.807) is 12.1 Å². The number of rotatable bonds is 4. The number of nitro benzene ring substituents is 1. The number of nitrogens with zero attached hydrogens (tertiary/aromatic N) is 1. The summed E-state index contributed by atoms with van der Waals surface area (Å²) < 4.78 is 6.48. The van der Waals surface area contributed by atoms with E-state index in [4.69, 9.17) is 4.74 Å². The van der Waals surface area contributed by atoms with Crippen molar-refractivity contribution in [2.45, 2.75) is 6.61 Å². The second kappa shape index (κ2) is 5.64. The van der Waals surface area contributed by atoms with E-state index in [-0.39, 0.29) is 5.69 Å². The predicted octanol–water partition coefficient (Wildman–Crippen LogP) is 3.94. The molecule has 0 aliphatic carbocycles. The van der Waals surface area contributed by atoms with Crippen LogP contribution in [-0.2, 0) is 6.61 Å². The molecule has 0 bridgehead atoms. The first-order valence-electron chi connectivity index (χ1n) is 5.27. The lowest BCUT2D eigenvalue weighted by atomic mass is 10.2. The summed E-state index contributed by atoms with van der Waals surface area (Å²) in [5.74, 6) is 0.718. The van der Waals surface area contributed by atoms with Crippen LogP contribution in [0.5, 0.6) is 5.75 Å². The maximum Gasteiger partial charge on any atom is 0.269 e. The van der Waals surface area contributed by atoms with Gasteiger partial charge in [-0.2, -0.15) is 0 Å². The highest BCUT2D eigenvalue weighted by Gasteiger charge is 2.05. The fourth-order valence-corrected chi connectivity index (χ4v) is 1.86. The van der Waals surface area contributed by atoms with Gasteiger partial charge >= 0.3 is 0 Å². The van der Waals surface area contributed by atoms with E-state index < -0.39 is 4.92 Å². The number of hydrogen-bond donors (Lipinski definition) is 0. The van der Waals surface area contributed by atoms with Gasteiger partial charge in [0.25, 0.3) is 5.69 Å². The second-order valence-corrected chi connectivity index (χ2v) is 4.59. The average Bonchev–Trinajstić information content (AvgIpc) is 2.37. The fourth-order valence-electron chi connectivity index (χ4n) is 1.48. The molecule has 0 heterocycles. The monoisotopic (exact) mass is 307 g/mol. The number of benzene rings is 2. The van der Waals surface area contributed by atoms with Crippen LogP contribution in [0, 0.1) is 10.1 Å². The molecule has 18 heavy (non-hydrogen) atoms. The third-order valence-corrected chi connectivity index (χ3v) is 2.82. The van der Waals surface area contributed by atoms with E-state index in [2.05, 4.69) is 15.9 Å². The Morgan fingerprint density at radius 3 is 2.67 bits per heavy atom. The topological polar surface area (TPSA) is 52.4 Å². The summed E-state index contributed by atoms with van der Waals surface area (Å²) in [7, 11) is 0. The molecular weight excluding hydrogens is 298 g/mol. The lowest BCUT2D eigenvalue weighted by Crippen LogP contribution is -1.96. The van der Waals surface area contributed by atoms with E-state index in [9.17, 15) is 10.1 Å². The first kappa shape index (κ1) is 12.6. The third-order valence-electron chi connectivity index (χ3n) is 2.32. The number of nitro groups is 1. The Hall–Kier alpha value is -1.88. The zero-order valence-electron chi connectivity index (χ0n) is 9.38. The summed E-state index contributed by atoms with van der Waals surface area (Å²) in [5.41, 5.74) is 0.842. The number of hydrogen-bond acceptors (Lipinski definition) is 3. The molecule has 0 amide bonds. The van der Waals surface area contributed by atoms with Gasteiger partial charge in [0.2, 0.25) is 0 Å². The fraction of sp³-hybridized carbons (Fsp3) is 0.0769. The van der Waals surface area contributed by atoms with Crippen LogP contribution in [0.3, 0.4) is 0 Å². The van der Waals surface area contributed by atoms with Gasteiger partial charge < -0.3 is 4.74 Å². The van der Waals surface area contributed by atoms with Gasteiger partial charge in [0.15, 0.2) is 0 Å². The maximum absolute atomic E-state index is 10.6. The SMILES string of the molecule is O=[N+]([O-])c1cccc(COc2cccc(Br)c2)c1. The van der Waals surface area contributed by atoms with Crippen LogP contribution < -0.4 is 4.74 Å². The van der Waals surface area contributed by atoms with E-state index in [0.29, 0.717) is 6.61 Å². The molecule has 2 aromatic carbocycles. The van der Waals surface area contributed by atoms with Gasteiger partial charge in [0, 0.05) is 16.6 Å². The molecule has 5 heteroatoms. The molecule has 0 atom stereocenters. The van der Waals surface area contributed by atoms with Gasteiger partial charge in [-0.25, -0.2) is 0 Å². The molecule has 0 unspecified atom stereocenters. The van der Waals surface area contributed by atoms with Crippen molar-refractivity contribution in [3.05, 3.63) is 68.7 Å². The van der Waals surface area contributed by atoms with Crippen molar-refractivity contribution in [2.24, 2.45) is 0 Å². The smallest absolute Gasteiger partial charge is 0.269 e. The standard InChI is InChI=1S/C13H10BrNO3/c14-11-4-2-6-13(8-11)18-9-10-3-1-5-12(7-10)15(16)17/h1-8H,9H2. The highest BCUT2D eigenvalue weighted by atomic mass is 79.9. The van der Waals surface area contributed by atoms with E-state index in [1.165, 1.54) is 12.1 Å². The summed E-state index contributed by atoms with van der Waals surface area (Å²) in [6.07, 6.45) is 0. The highest BCUT2D eigenvalue weighted by Crippen LogP contribution is 2.20. The normalized spacial score (nSPS) is 10.1. The molecule has 0 radical (unpaired) electrons. The summed E-state index contributed by atoms with van der Waals surface area (Å²) in [6, 6.07) is 13.9. The molecular formula is C13H10BrNO3. The van der Waals surface area contributed by atoms with E-state index >= 15 is 0 Å². The number of non-ortho nitro benzene ring substituents is 1. The number of ether oxygens (including phenoxy) is 1. The lowest BCUT2D eigenvalue weighted by Gasteiger charge is -2.06. The lowest BCUT2D eigenvalue weighted by molar-refractivity contribution is -0.384. The van der Waals surface area contributed by atoms with Gasteiger partial charge in [-0.05, 0) is 23.8 Å². The van der Waals surface area contributed by atoms with Crippen molar-refractivity contribution >= 4 is 21.6 Å². The van der Waals surface area contributed by atoms with Crippen LogP contribution >= 0.6 is 15.9 Å². The van der Waals surface area contributed by atoms with Gasteiger partial charge in [0.05, 0.1) is 4.92 Å². The average molecular weight is 308 g/mol. The van der Waals surface area contributed by atoms with Gasteiger partial charge in [0.1, 0.15) is 12.4 Å². The molecule has 0 saturated carbocycles. The molecule has 92 valence electrons. The zero-order chi connectivity index (χ0) is 13.0. The van der Waals surface area contributed by atoms with Crippen molar-refractivity contribution in [1.82, 2.24) is 0 Å². The van der Waals surface area contributed by atoms with E-state index in [0.717, 1.165) is 15.8 Å². The molecule has 0 aromatic heterocycles. The second-order valence-electron chi connectivity index (χ2n) is 3.67. The van der Waals surface area contributed by atoms with E-state index in [1.807, 2.05) is 24.3 Å².